The van der Waals surface area contributed by atoms with Crippen LogP contribution < -0.4 is 14.2 Å². The second-order valence-electron chi connectivity index (χ2n) is 9.54. The van der Waals surface area contributed by atoms with Gasteiger partial charge in [-0.25, -0.2) is 9.59 Å². The Labute approximate surface area is 216 Å². The highest BCUT2D eigenvalue weighted by Gasteiger charge is 2.20. The van der Waals surface area contributed by atoms with Crippen LogP contribution >= 0.6 is 0 Å². The van der Waals surface area contributed by atoms with Gasteiger partial charge >= 0.3 is 17.9 Å². The van der Waals surface area contributed by atoms with Crippen molar-refractivity contribution in [2.75, 3.05) is 0 Å². The van der Waals surface area contributed by atoms with E-state index in [4.69, 9.17) is 14.2 Å². The largest absolute Gasteiger partial charge is 0.507 e. The third-order valence-electron chi connectivity index (χ3n) is 5.53. The summed E-state index contributed by atoms with van der Waals surface area (Å²) < 4.78 is 15.7. The van der Waals surface area contributed by atoms with Gasteiger partial charge in [0, 0.05) is 12.5 Å². The Hall–Kier alpha value is -4.39. The van der Waals surface area contributed by atoms with Gasteiger partial charge in [0.05, 0.1) is 5.56 Å². The van der Waals surface area contributed by atoms with Crippen molar-refractivity contribution in [3.05, 3.63) is 95.6 Å². The summed E-state index contributed by atoms with van der Waals surface area (Å²) in [6.45, 7) is 11.2. The van der Waals surface area contributed by atoms with Crippen LogP contribution in [0.25, 0.3) is 0 Å². The second-order valence-corrected chi connectivity index (χ2v) is 9.54. The molecule has 0 atom stereocenters. The molecule has 0 amide bonds. The van der Waals surface area contributed by atoms with Crippen LogP contribution in [0.4, 0.5) is 0 Å². The lowest BCUT2D eigenvalue weighted by Gasteiger charge is -2.22. The van der Waals surface area contributed by atoms with Crippen LogP contribution in [0.2, 0.25) is 0 Å². The summed E-state index contributed by atoms with van der Waals surface area (Å²) in [4.78, 5) is 36.0. The summed E-state index contributed by atoms with van der Waals surface area (Å²) in [5.41, 5.74) is 2.60. The molecule has 37 heavy (non-hydrogen) atoms. The quantitative estimate of drug-likeness (QED) is 0.234. The zero-order valence-corrected chi connectivity index (χ0v) is 21.4. The molecule has 0 aliphatic carbocycles. The van der Waals surface area contributed by atoms with Crippen molar-refractivity contribution in [1.82, 2.24) is 0 Å². The van der Waals surface area contributed by atoms with Crippen molar-refractivity contribution >= 4 is 17.9 Å². The van der Waals surface area contributed by atoms with E-state index in [9.17, 15) is 19.5 Å². The van der Waals surface area contributed by atoms with E-state index in [2.05, 4.69) is 6.58 Å². The number of carbonyl (C=O) groups is 3. The molecule has 3 rings (SSSR count). The van der Waals surface area contributed by atoms with E-state index >= 15 is 0 Å². The number of ether oxygens (including phenoxy) is 3. The van der Waals surface area contributed by atoms with Crippen LogP contribution in [0.5, 0.6) is 23.0 Å². The molecule has 0 fully saturated rings. The maximum Gasteiger partial charge on any atom is 0.343 e. The normalized spacial score (nSPS) is 10.9. The number of esters is 3. The molecule has 7 heteroatoms. The highest BCUT2D eigenvalue weighted by atomic mass is 16.5. The molecule has 0 spiro atoms. The number of rotatable bonds is 8. The first-order valence-electron chi connectivity index (χ1n) is 11.8. The summed E-state index contributed by atoms with van der Waals surface area (Å²) in [6, 6.07) is 15.8. The van der Waals surface area contributed by atoms with E-state index in [0.717, 1.165) is 22.8 Å². The third-order valence-corrected chi connectivity index (χ3v) is 5.53. The average molecular weight is 503 g/mol. The van der Waals surface area contributed by atoms with E-state index in [1.807, 2.05) is 39.8 Å². The molecule has 7 nitrogen and oxygen atoms in total. The van der Waals surface area contributed by atoms with E-state index < -0.39 is 17.9 Å². The summed E-state index contributed by atoms with van der Waals surface area (Å²) in [7, 11) is 0. The predicted octanol–water partition coefficient (Wildman–Crippen LogP) is 5.85. The molecule has 3 aromatic rings. The molecule has 0 heterocycles. The van der Waals surface area contributed by atoms with Crippen LogP contribution in [-0.4, -0.2) is 23.0 Å². The number of carbonyl (C=O) groups excluding carboxylic acids is 3. The first kappa shape index (κ1) is 27.2. The molecule has 3 aromatic carbocycles. The monoisotopic (exact) mass is 502 g/mol. The molecule has 0 saturated carbocycles. The Morgan fingerprint density at radius 1 is 0.865 bits per heavy atom. The first-order chi connectivity index (χ1) is 17.5. The second kappa shape index (κ2) is 11.6. The van der Waals surface area contributed by atoms with Gasteiger partial charge in [-0.2, -0.15) is 0 Å². The van der Waals surface area contributed by atoms with Crippen molar-refractivity contribution in [3.63, 3.8) is 0 Å². The van der Waals surface area contributed by atoms with Gasteiger partial charge in [0.1, 0.15) is 23.0 Å². The number of phenols is 1. The summed E-state index contributed by atoms with van der Waals surface area (Å²) in [5, 5.41) is 10.4. The smallest absolute Gasteiger partial charge is 0.343 e. The van der Waals surface area contributed by atoms with Crippen molar-refractivity contribution in [3.8, 4) is 23.0 Å². The summed E-state index contributed by atoms with van der Waals surface area (Å²) in [6.07, 6.45) is 1.68. The number of benzene rings is 3. The molecule has 0 saturated heterocycles. The topological polar surface area (TPSA) is 99.1 Å². The van der Waals surface area contributed by atoms with E-state index in [1.165, 1.54) is 48.5 Å². The van der Waals surface area contributed by atoms with E-state index in [1.54, 1.807) is 0 Å². The highest BCUT2D eigenvalue weighted by Crippen LogP contribution is 2.34. The summed E-state index contributed by atoms with van der Waals surface area (Å²) >= 11 is 0. The van der Waals surface area contributed by atoms with Gasteiger partial charge in [-0.3, -0.25) is 4.79 Å². The number of hydrogen-bond donors (Lipinski definition) is 1. The molecule has 192 valence electrons. The van der Waals surface area contributed by atoms with Gasteiger partial charge in [-0.05, 0) is 84.0 Å². The van der Waals surface area contributed by atoms with Gasteiger partial charge in [-0.1, -0.05) is 39.5 Å². The number of aryl methyl sites for hydroxylation is 2. The van der Waals surface area contributed by atoms with E-state index in [-0.39, 0.29) is 28.9 Å². The van der Waals surface area contributed by atoms with Crippen molar-refractivity contribution in [2.45, 2.75) is 46.0 Å². The molecule has 0 aliphatic rings. The minimum atomic E-state index is -0.592. The molecule has 0 bridgehead atoms. The fraction of sp³-hybridized carbons (Fsp3) is 0.233. The van der Waals surface area contributed by atoms with Crippen molar-refractivity contribution < 1.29 is 33.7 Å². The Kier molecular flexibility index (Phi) is 8.50. The van der Waals surface area contributed by atoms with Crippen molar-refractivity contribution in [1.29, 1.82) is 0 Å². The van der Waals surface area contributed by atoms with Gasteiger partial charge in [0.2, 0.25) is 0 Å². The van der Waals surface area contributed by atoms with Crippen LogP contribution in [0.3, 0.4) is 0 Å². The lowest BCUT2D eigenvalue weighted by molar-refractivity contribution is -0.134. The Morgan fingerprint density at radius 3 is 1.97 bits per heavy atom. The number of phenolic OH excluding ortho intramolecular Hbond substituents is 1. The maximum atomic E-state index is 12.4. The number of aromatic hydroxyl groups is 1. The predicted molar refractivity (Wildman–Crippen MR) is 139 cm³/mol. The molecule has 0 aromatic heterocycles. The lowest BCUT2D eigenvalue weighted by atomic mass is 9.83. The van der Waals surface area contributed by atoms with Crippen molar-refractivity contribution in [2.24, 2.45) is 0 Å². The van der Waals surface area contributed by atoms with Gasteiger partial charge in [0.15, 0.2) is 0 Å². The third kappa shape index (κ3) is 7.54. The fourth-order valence-electron chi connectivity index (χ4n) is 3.56. The standard InChI is InChI=1S/C30H30O7/c1-6-26(31)35-23-12-14-24(15-13-23)37-29(34)21-8-10-22(11-9-21)36-27(32)16-7-20-17-19(2)28(33)25(18-20)30(3,4)5/h6,8-15,17-18,33H,1,7,16H2,2-5H3. The molecule has 0 unspecified atom stereocenters. The first-order valence-corrected chi connectivity index (χ1v) is 11.8. The molecule has 0 radical (unpaired) electrons. The fourth-order valence-corrected chi connectivity index (χ4v) is 3.56. The zero-order valence-electron chi connectivity index (χ0n) is 21.4. The minimum absolute atomic E-state index is 0.162. The average Bonchev–Trinajstić information content (AvgIpc) is 2.85. The SMILES string of the molecule is C=CC(=O)Oc1ccc(OC(=O)c2ccc(OC(=O)CCc3cc(C)c(O)c(C(C)(C)C)c3)cc2)cc1. The minimum Gasteiger partial charge on any atom is -0.507 e. The Morgan fingerprint density at radius 2 is 1.41 bits per heavy atom. The van der Waals surface area contributed by atoms with Gasteiger partial charge in [-0.15, -0.1) is 0 Å². The maximum absolute atomic E-state index is 12.4. The van der Waals surface area contributed by atoms with Crippen LogP contribution in [0.15, 0.2) is 73.3 Å². The van der Waals surface area contributed by atoms with Crippen LogP contribution in [0.1, 0.15) is 54.2 Å². The molecular weight excluding hydrogens is 472 g/mol. The molecule has 1 N–H and O–H groups in total. The molecular formula is C30H30O7. The number of hydrogen-bond acceptors (Lipinski definition) is 7. The van der Waals surface area contributed by atoms with Gasteiger partial charge in [0.25, 0.3) is 0 Å². The van der Waals surface area contributed by atoms with Crippen LogP contribution in [0, 0.1) is 6.92 Å². The highest BCUT2D eigenvalue weighted by molar-refractivity contribution is 5.91. The lowest BCUT2D eigenvalue weighted by Crippen LogP contribution is -2.13. The summed E-state index contributed by atoms with van der Waals surface area (Å²) in [5.74, 6) is -0.419. The Balaban J connectivity index is 1.55. The zero-order chi connectivity index (χ0) is 27.2. The molecule has 0 aliphatic heterocycles. The van der Waals surface area contributed by atoms with E-state index in [0.29, 0.717) is 17.9 Å². The van der Waals surface area contributed by atoms with Crippen LogP contribution in [-0.2, 0) is 21.4 Å². The van der Waals surface area contributed by atoms with Gasteiger partial charge < -0.3 is 19.3 Å². The Bertz CT molecular complexity index is 1300.